The number of aromatic nitrogens is 1. The first-order valence-corrected chi connectivity index (χ1v) is 6.24. The summed E-state index contributed by atoms with van der Waals surface area (Å²) >= 11 is 1.52. The molecule has 0 atom stereocenters. The lowest BCUT2D eigenvalue weighted by atomic mass is 10.0. The van der Waals surface area contributed by atoms with Gasteiger partial charge in [-0.3, -0.25) is 4.98 Å². The molecule has 18 heavy (non-hydrogen) atoms. The average Bonchev–Trinajstić information content (AvgIpc) is 2.77. The summed E-state index contributed by atoms with van der Waals surface area (Å²) in [5.74, 6) is 0.0675. The summed E-state index contributed by atoms with van der Waals surface area (Å²) in [7, 11) is 0. The Balaban J connectivity index is 2.34. The number of thiazole rings is 1. The Bertz CT molecular complexity index is 577. The normalized spacial score (nSPS) is 10.9. The maximum absolute atomic E-state index is 9.84. The van der Waals surface area contributed by atoms with E-state index in [1.54, 1.807) is 30.8 Å². The zero-order chi connectivity index (χ0) is 13.1. The Kier molecular flexibility index (Phi) is 3.48. The maximum Gasteiger partial charge on any atom is 0.127 e. The van der Waals surface area contributed by atoms with Crippen LogP contribution in [0.2, 0.25) is 0 Å². The van der Waals surface area contributed by atoms with Gasteiger partial charge in [0.1, 0.15) is 11.5 Å². The lowest BCUT2D eigenvalue weighted by Crippen LogP contribution is -1.83. The summed E-state index contributed by atoms with van der Waals surface area (Å²) in [5.41, 5.74) is 3.50. The second-order valence-electron chi connectivity index (χ2n) is 3.95. The van der Waals surface area contributed by atoms with E-state index >= 15 is 0 Å². The van der Waals surface area contributed by atoms with Crippen molar-refractivity contribution in [3.05, 3.63) is 46.4 Å². The fourth-order valence-corrected chi connectivity index (χ4v) is 2.16. The van der Waals surface area contributed by atoms with E-state index in [2.05, 4.69) is 11.6 Å². The van der Waals surface area contributed by atoms with E-state index in [-0.39, 0.29) is 11.5 Å². The zero-order valence-electron chi connectivity index (χ0n) is 9.92. The van der Waals surface area contributed by atoms with Crippen molar-refractivity contribution in [2.45, 2.75) is 6.92 Å². The van der Waals surface area contributed by atoms with E-state index in [4.69, 9.17) is 0 Å². The van der Waals surface area contributed by atoms with Gasteiger partial charge in [0.05, 0.1) is 11.1 Å². The van der Waals surface area contributed by atoms with E-state index in [0.717, 1.165) is 10.4 Å². The molecule has 2 aromatic rings. The highest BCUT2D eigenvalue weighted by molar-refractivity contribution is 7.10. The summed E-state index contributed by atoms with van der Waals surface area (Å²) in [4.78, 5) is 4.98. The van der Waals surface area contributed by atoms with Crippen molar-refractivity contribution in [1.82, 2.24) is 4.98 Å². The third-order valence-corrected chi connectivity index (χ3v) is 3.18. The Morgan fingerprint density at radius 1 is 1.28 bits per heavy atom. The van der Waals surface area contributed by atoms with Gasteiger partial charge in [-0.25, -0.2) is 0 Å². The van der Waals surface area contributed by atoms with Crippen LogP contribution in [0.15, 0.2) is 30.4 Å². The SMILES string of the molecule is C=C(C)c1c(O)cc(/C=C/c2cncs2)cc1O. The molecule has 0 amide bonds. The summed E-state index contributed by atoms with van der Waals surface area (Å²) in [5, 5.41) is 19.7. The molecule has 1 heterocycles. The molecule has 0 aliphatic heterocycles. The first-order chi connectivity index (χ1) is 8.58. The van der Waals surface area contributed by atoms with Crippen LogP contribution >= 0.6 is 11.3 Å². The molecule has 0 bridgehead atoms. The first kappa shape index (κ1) is 12.4. The highest BCUT2D eigenvalue weighted by Gasteiger charge is 2.09. The van der Waals surface area contributed by atoms with Gasteiger partial charge in [-0.05, 0) is 36.3 Å². The number of benzene rings is 1. The van der Waals surface area contributed by atoms with Crippen LogP contribution in [0.3, 0.4) is 0 Å². The fraction of sp³-hybridized carbons (Fsp3) is 0.0714. The molecule has 0 saturated carbocycles. The summed E-state index contributed by atoms with van der Waals surface area (Å²) < 4.78 is 0. The van der Waals surface area contributed by atoms with E-state index in [1.807, 2.05) is 12.2 Å². The molecule has 0 radical (unpaired) electrons. The van der Waals surface area contributed by atoms with Crippen LogP contribution in [0, 0.1) is 0 Å². The number of aromatic hydroxyl groups is 2. The van der Waals surface area contributed by atoms with Crippen LogP contribution in [-0.4, -0.2) is 15.2 Å². The molecule has 0 spiro atoms. The Hall–Kier alpha value is -2.07. The van der Waals surface area contributed by atoms with E-state index < -0.39 is 0 Å². The van der Waals surface area contributed by atoms with Crippen molar-refractivity contribution in [1.29, 1.82) is 0 Å². The molecular formula is C14H13NO2S. The zero-order valence-corrected chi connectivity index (χ0v) is 10.7. The molecule has 3 nitrogen and oxygen atoms in total. The molecule has 0 aliphatic carbocycles. The molecule has 1 aromatic heterocycles. The van der Waals surface area contributed by atoms with Crippen molar-refractivity contribution in [3.63, 3.8) is 0 Å². The summed E-state index contributed by atoms with van der Waals surface area (Å²) in [6, 6.07) is 3.20. The molecule has 92 valence electrons. The number of allylic oxidation sites excluding steroid dienone is 1. The van der Waals surface area contributed by atoms with Gasteiger partial charge in [-0.15, -0.1) is 11.3 Å². The van der Waals surface area contributed by atoms with Crippen molar-refractivity contribution in [3.8, 4) is 11.5 Å². The molecule has 0 fully saturated rings. The second-order valence-corrected chi connectivity index (χ2v) is 4.87. The lowest BCUT2D eigenvalue weighted by Gasteiger charge is -2.07. The van der Waals surface area contributed by atoms with Crippen molar-refractivity contribution >= 4 is 29.1 Å². The predicted octanol–water partition coefficient (Wildman–Crippen LogP) is 3.76. The number of phenolic OH excluding ortho intramolecular Hbond substituents is 2. The van der Waals surface area contributed by atoms with Gasteiger partial charge in [-0.1, -0.05) is 12.7 Å². The maximum atomic E-state index is 9.84. The third-order valence-electron chi connectivity index (χ3n) is 2.44. The topological polar surface area (TPSA) is 53.4 Å². The Morgan fingerprint density at radius 2 is 1.94 bits per heavy atom. The monoisotopic (exact) mass is 259 g/mol. The molecule has 4 heteroatoms. The van der Waals surface area contributed by atoms with Gasteiger partial charge >= 0.3 is 0 Å². The molecular weight excluding hydrogens is 246 g/mol. The van der Waals surface area contributed by atoms with E-state index in [9.17, 15) is 10.2 Å². The summed E-state index contributed by atoms with van der Waals surface area (Å²) in [6.07, 6.45) is 5.45. The van der Waals surface area contributed by atoms with Gasteiger partial charge in [0.15, 0.2) is 0 Å². The molecule has 2 rings (SSSR count). The van der Waals surface area contributed by atoms with E-state index in [1.165, 1.54) is 11.3 Å². The lowest BCUT2D eigenvalue weighted by molar-refractivity contribution is 0.447. The molecule has 0 aliphatic rings. The minimum Gasteiger partial charge on any atom is -0.507 e. The quantitative estimate of drug-likeness (QED) is 0.882. The third kappa shape index (κ3) is 2.60. The molecule has 0 saturated heterocycles. The predicted molar refractivity (Wildman–Crippen MR) is 75.5 cm³/mol. The number of nitrogens with zero attached hydrogens (tertiary/aromatic N) is 1. The van der Waals surface area contributed by atoms with Crippen molar-refractivity contribution < 1.29 is 10.2 Å². The van der Waals surface area contributed by atoms with Gasteiger partial charge in [-0.2, -0.15) is 0 Å². The van der Waals surface area contributed by atoms with Crippen LogP contribution in [-0.2, 0) is 0 Å². The van der Waals surface area contributed by atoms with Crippen LogP contribution < -0.4 is 0 Å². The van der Waals surface area contributed by atoms with Crippen LogP contribution in [0.1, 0.15) is 22.9 Å². The summed E-state index contributed by atoms with van der Waals surface area (Å²) in [6.45, 7) is 5.46. The molecule has 2 N–H and O–H groups in total. The number of hydrogen-bond donors (Lipinski definition) is 2. The van der Waals surface area contributed by atoms with Gasteiger partial charge in [0.2, 0.25) is 0 Å². The standard InChI is InChI=1S/C14H13NO2S/c1-9(2)14-12(16)5-10(6-13(14)17)3-4-11-7-15-8-18-11/h3-8,16-17H,1H2,2H3/b4-3+. The highest BCUT2D eigenvalue weighted by Crippen LogP contribution is 2.34. The Labute approximate surface area is 109 Å². The number of phenols is 2. The van der Waals surface area contributed by atoms with Gasteiger partial charge in [0.25, 0.3) is 0 Å². The van der Waals surface area contributed by atoms with Crippen LogP contribution in [0.5, 0.6) is 11.5 Å². The largest absolute Gasteiger partial charge is 0.507 e. The smallest absolute Gasteiger partial charge is 0.127 e. The minimum atomic E-state index is 0.0338. The van der Waals surface area contributed by atoms with Crippen molar-refractivity contribution in [2.75, 3.05) is 0 Å². The first-order valence-electron chi connectivity index (χ1n) is 5.36. The fourth-order valence-electron chi connectivity index (χ4n) is 1.65. The highest BCUT2D eigenvalue weighted by atomic mass is 32.1. The van der Waals surface area contributed by atoms with Gasteiger partial charge in [0, 0.05) is 11.1 Å². The minimum absolute atomic E-state index is 0.0338. The number of hydrogen-bond acceptors (Lipinski definition) is 4. The Morgan fingerprint density at radius 3 is 2.44 bits per heavy atom. The molecule has 1 aromatic carbocycles. The second kappa shape index (κ2) is 5.06. The molecule has 0 unspecified atom stereocenters. The van der Waals surface area contributed by atoms with Crippen LogP contribution in [0.4, 0.5) is 0 Å². The van der Waals surface area contributed by atoms with Gasteiger partial charge < -0.3 is 10.2 Å². The number of rotatable bonds is 3. The average molecular weight is 259 g/mol. The van der Waals surface area contributed by atoms with Crippen LogP contribution in [0.25, 0.3) is 17.7 Å². The van der Waals surface area contributed by atoms with Crippen molar-refractivity contribution in [2.24, 2.45) is 0 Å². The van der Waals surface area contributed by atoms with E-state index in [0.29, 0.717) is 11.1 Å².